The summed E-state index contributed by atoms with van der Waals surface area (Å²) in [6.07, 6.45) is 1.42. The average molecular weight is 463 g/mol. The maximum absolute atomic E-state index is 12.3. The SMILES string of the molecule is C/C=N/N(Nc1cc(Cl)ccc1OC)c1ccc(S(=O)(=O)N(C)C)cc1C(=O)[O-].[Na+]. The van der Waals surface area contributed by atoms with Gasteiger partial charge in [-0.2, -0.15) is 10.2 Å². The van der Waals surface area contributed by atoms with Crippen LogP contribution in [0.25, 0.3) is 0 Å². The number of rotatable bonds is 8. The first-order valence-corrected chi connectivity index (χ1v) is 10.1. The Balaban J connectivity index is 0.00000450. The minimum absolute atomic E-state index is 0. The summed E-state index contributed by atoms with van der Waals surface area (Å²) in [6, 6.07) is 8.46. The van der Waals surface area contributed by atoms with Crippen molar-refractivity contribution in [3.05, 3.63) is 47.0 Å². The smallest absolute Gasteiger partial charge is 0.545 e. The van der Waals surface area contributed by atoms with Gasteiger partial charge in [-0.3, -0.25) is 5.43 Å². The summed E-state index contributed by atoms with van der Waals surface area (Å²) in [4.78, 5) is 11.5. The van der Waals surface area contributed by atoms with E-state index in [1.807, 2.05) is 0 Å². The molecule has 2 rings (SSSR count). The number of anilines is 2. The number of halogens is 1. The number of hydrazone groups is 1. The Morgan fingerprint density at radius 3 is 2.43 bits per heavy atom. The molecule has 30 heavy (non-hydrogen) atoms. The summed E-state index contributed by atoms with van der Waals surface area (Å²) in [6.45, 7) is 1.63. The quantitative estimate of drug-likeness (QED) is 0.298. The number of aromatic carboxylic acids is 1. The fraction of sp³-hybridized carbons (Fsp3) is 0.222. The Bertz CT molecular complexity index is 1050. The van der Waals surface area contributed by atoms with E-state index in [0.29, 0.717) is 16.5 Å². The van der Waals surface area contributed by atoms with Gasteiger partial charge in [0.25, 0.3) is 0 Å². The fourth-order valence-corrected chi connectivity index (χ4v) is 3.48. The fourth-order valence-electron chi connectivity index (χ4n) is 2.38. The zero-order valence-electron chi connectivity index (χ0n) is 17.2. The number of hydrogen-bond donors (Lipinski definition) is 1. The van der Waals surface area contributed by atoms with Crippen molar-refractivity contribution in [3.8, 4) is 5.75 Å². The molecule has 0 saturated heterocycles. The van der Waals surface area contributed by atoms with E-state index in [0.717, 1.165) is 15.5 Å². The molecule has 2 aromatic carbocycles. The van der Waals surface area contributed by atoms with E-state index in [-0.39, 0.29) is 45.7 Å². The van der Waals surface area contributed by atoms with Crippen molar-refractivity contribution < 1.29 is 52.6 Å². The number of carbonyl (C=O) groups excluding carboxylic acids is 1. The number of carboxylic acids is 1. The molecule has 0 amide bonds. The van der Waals surface area contributed by atoms with Gasteiger partial charge in [0.05, 0.1) is 29.3 Å². The Labute approximate surface area is 202 Å². The number of hydrazine groups is 1. The maximum atomic E-state index is 12.3. The number of carboxylic acid groups (broad SMARTS) is 1. The van der Waals surface area contributed by atoms with E-state index in [2.05, 4.69) is 10.5 Å². The predicted octanol–water partition coefficient (Wildman–Crippen LogP) is -1.19. The molecule has 156 valence electrons. The van der Waals surface area contributed by atoms with Crippen molar-refractivity contribution in [1.29, 1.82) is 0 Å². The normalized spacial score (nSPS) is 11.3. The van der Waals surface area contributed by atoms with Crippen molar-refractivity contribution in [2.24, 2.45) is 5.10 Å². The maximum Gasteiger partial charge on any atom is 1.00 e. The van der Waals surface area contributed by atoms with Crippen LogP contribution in [0, 0.1) is 0 Å². The van der Waals surface area contributed by atoms with Crippen molar-refractivity contribution in [2.45, 2.75) is 11.8 Å². The van der Waals surface area contributed by atoms with Crippen LogP contribution < -0.4 is 49.9 Å². The standard InChI is InChI=1S/C18H21ClN4O5S.Na/c1-5-20-23(21-15-10-12(19)6-9-17(15)28-4)16-8-7-13(11-14(16)18(24)25)29(26,27)22(2)3;/h5-11,21H,1-4H3,(H,24,25);/q;+1/p-1/b20-5+;. The van der Waals surface area contributed by atoms with Gasteiger partial charge in [-0.25, -0.2) is 12.7 Å². The van der Waals surface area contributed by atoms with Gasteiger partial charge in [0.15, 0.2) is 0 Å². The summed E-state index contributed by atoms with van der Waals surface area (Å²) in [5.41, 5.74) is 3.01. The minimum Gasteiger partial charge on any atom is -0.545 e. The molecule has 0 saturated carbocycles. The van der Waals surface area contributed by atoms with Crippen molar-refractivity contribution in [2.75, 3.05) is 31.7 Å². The summed E-state index contributed by atoms with van der Waals surface area (Å²) >= 11 is 6.03. The summed E-state index contributed by atoms with van der Waals surface area (Å²) in [5, 5.41) is 17.4. The molecule has 0 aromatic heterocycles. The average Bonchev–Trinajstić information content (AvgIpc) is 2.67. The molecule has 0 aliphatic heterocycles. The molecule has 2 aromatic rings. The summed E-state index contributed by atoms with van der Waals surface area (Å²) in [7, 11) is 0.332. The molecule has 9 nitrogen and oxygen atoms in total. The second-order valence-electron chi connectivity index (χ2n) is 5.90. The summed E-state index contributed by atoms with van der Waals surface area (Å²) in [5.74, 6) is -1.13. The third kappa shape index (κ3) is 5.87. The van der Waals surface area contributed by atoms with E-state index in [4.69, 9.17) is 16.3 Å². The van der Waals surface area contributed by atoms with Crippen LogP contribution in [0.4, 0.5) is 11.4 Å². The minimum atomic E-state index is -3.84. The Morgan fingerprint density at radius 1 is 1.23 bits per heavy atom. The molecule has 0 fully saturated rings. The van der Waals surface area contributed by atoms with Gasteiger partial charge in [-0.05, 0) is 43.3 Å². The van der Waals surface area contributed by atoms with E-state index in [1.165, 1.54) is 39.6 Å². The molecule has 0 spiro atoms. The van der Waals surface area contributed by atoms with Crippen LogP contribution in [0.2, 0.25) is 5.02 Å². The molecule has 0 atom stereocenters. The van der Waals surface area contributed by atoms with Gasteiger partial charge in [0, 0.05) is 30.9 Å². The van der Waals surface area contributed by atoms with Crippen molar-refractivity contribution in [1.82, 2.24) is 4.31 Å². The second-order valence-corrected chi connectivity index (χ2v) is 8.48. The zero-order chi connectivity index (χ0) is 21.8. The van der Waals surface area contributed by atoms with Crippen LogP contribution in [0.15, 0.2) is 46.4 Å². The number of benzene rings is 2. The van der Waals surface area contributed by atoms with Gasteiger partial charge in [0.2, 0.25) is 10.0 Å². The molecule has 0 radical (unpaired) electrons. The first-order valence-electron chi connectivity index (χ1n) is 8.28. The van der Waals surface area contributed by atoms with Crippen LogP contribution >= 0.6 is 11.6 Å². The monoisotopic (exact) mass is 462 g/mol. The zero-order valence-corrected chi connectivity index (χ0v) is 20.8. The van der Waals surface area contributed by atoms with Crippen LogP contribution in [0.3, 0.4) is 0 Å². The molecule has 0 unspecified atom stereocenters. The molecule has 1 N–H and O–H groups in total. The molecular weight excluding hydrogens is 443 g/mol. The van der Waals surface area contributed by atoms with Crippen LogP contribution in [0.5, 0.6) is 5.75 Å². The van der Waals surface area contributed by atoms with Gasteiger partial charge < -0.3 is 14.6 Å². The van der Waals surface area contributed by atoms with Crippen LogP contribution in [0.1, 0.15) is 17.3 Å². The summed E-state index contributed by atoms with van der Waals surface area (Å²) < 4.78 is 31.0. The Morgan fingerprint density at radius 2 is 1.90 bits per heavy atom. The van der Waals surface area contributed by atoms with E-state index in [1.54, 1.807) is 25.1 Å². The Hall–Kier alpha value is -1.82. The third-order valence-electron chi connectivity index (χ3n) is 3.81. The number of nitrogens with zero attached hydrogens (tertiary/aromatic N) is 3. The van der Waals surface area contributed by atoms with E-state index < -0.39 is 16.0 Å². The first-order chi connectivity index (χ1) is 13.6. The number of methoxy groups -OCH3 is 1. The topological polar surface area (TPSA) is 114 Å². The number of ether oxygens (including phenoxy) is 1. The van der Waals surface area contributed by atoms with Gasteiger partial charge in [-0.15, -0.1) is 0 Å². The molecule has 0 aliphatic rings. The Kier molecular flexibility index (Phi) is 9.60. The van der Waals surface area contributed by atoms with Gasteiger partial charge in [-0.1, -0.05) is 11.6 Å². The van der Waals surface area contributed by atoms with Crippen LogP contribution in [-0.2, 0) is 10.0 Å². The first kappa shape index (κ1) is 26.2. The predicted molar refractivity (Wildman–Crippen MR) is 110 cm³/mol. The van der Waals surface area contributed by atoms with E-state index in [9.17, 15) is 18.3 Å². The number of nitrogens with one attached hydrogen (secondary N) is 1. The number of sulfonamides is 1. The molecule has 0 aliphatic carbocycles. The van der Waals surface area contributed by atoms with Gasteiger partial charge in [0.1, 0.15) is 5.75 Å². The van der Waals surface area contributed by atoms with Crippen molar-refractivity contribution in [3.63, 3.8) is 0 Å². The largest absolute Gasteiger partial charge is 1.00 e. The van der Waals surface area contributed by atoms with Gasteiger partial charge >= 0.3 is 29.6 Å². The molecule has 12 heteroatoms. The molecule has 0 heterocycles. The molecular formula is C18H20ClN4NaO5S. The number of hydrogen-bond acceptors (Lipinski definition) is 8. The second kappa shape index (κ2) is 11.0. The number of carbonyl (C=O) groups is 1. The third-order valence-corrected chi connectivity index (χ3v) is 5.86. The van der Waals surface area contributed by atoms with Crippen LogP contribution in [-0.4, -0.2) is 46.1 Å². The van der Waals surface area contributed by atoms with Crippen molar-refractivity contribution >= 4 is 45.2 Å². The molecule has 0 bridgehead atoms. The van der Waals surface area contributed by atoms with E-state index >= 15 is 0 Å².